The predicted molar refractivity (Wildman–Crippen MR) is 73.8 cm³/mol. The highest BCUT2D eigenvalue weighted by molar-refractivity contribution is 6.30. The maximum Gasteiger partial charge on any atom is 0.123 e. The van der Waals surface area contributed by atoms with Crippen LogP contribution in [0.2, 0.25) is 5.02 Å². The van der Waals surface area contributed by atoms with Crippen molar-refractivity contribution in [3.05, 3.63) is 28.8 Å². The average Bonchev–Trinajstić information content (AvgIpc) is 2.39. The highest BCUT2D eigenvalue weighted by Crippen LogP contribution is 2.29. The van der Waals surface area contributed by atoms with Gasteiger partial charge in [-0.1, -0.05) is 18.5 Å². The summed E-state index contributed by atoms with van der Waals surface area (Å²) < 4.78 is 10.8. The molecule has 0 bridgehead atoms. The summed E-state index contributed by atoms with van der Waals surface area (Å²) in [4.78, 5) is 0. The molecule has 1 aromatic carbocycles. The summed E-state index contributed by atoms with van der Waals surface area (Å²) in [6.45, 7) is 3.50. The Bertz CT molecular complexity index is 361. The molecule has 0 aliphatic rings. The van der Waals surface area contributed by atoms with Crippen LogP contribution in [0.1, 0.15) is 31.4 Å². The van der Waals surface area contributed by atoms with Crippen LogP contribution in [0.3, 0.4) is 0 Å². The van der Waals surface area contributed by atoms with Crippen LogP contribution in [0.25, 0.3) is 0 Å². The Kier molecular flexibility index (Phi) is 7.05. The van der Waals surface area contributed by atoms with Crippen molar-refractivity contribution in [1.29, 1.82) is 0 Å². The molecule has 1 atom stereocenters. The summed E-state index contributed by atoms with van der Waals surface area (Å²) in [7, 11) is 1.63. The van der Waals surface area contributed by atoms with Crippen molar-refractivity contribution in [2.75, 3.05) is 20.3 Å². The molecule has 0 fully saturated rings. The number of rotatable bonds is 8. The van der Waals surface area contributed by atoms with Gasteiger partial charge in [0.2, 0.25) is 0 Å². The number of nitrogens with two attached hydrogens (primary N) is 1. The molecule has 3 N–H and O–H groups in total. The van der Waals surface area contributed by atoms with Crippen molar-refractivity contribution in [3.63, 3.8) is 0 Å². The van der Waals surface area contributed by atoms with E-state index in [2.05, 4.69) is 12.3 Å². The zero-order valence-corrected chi connectivity index (χ0v) is 11.7. The Morgan fingerprint density at radius 1 is 1.39 bits per heavy atom. The molecular formula is C13H21ClN2O2. The lowest BCUT2D eigenvalue weighted by molar-refractivity contribution is 0.124. The van der Waals surface area contributed by atoms with Gasteiger partial charge < -0.3 is 9.47 Å². The molecule has 0 aromatic heterocycles. The van der Waals surface area contributed by atoms with Gasteiger partial charge in [-0.3, -0.25) is 11.3 Å². The molecule has 102 valence electrons. The lowest BCUT2D eigenvalue weighted by Crippen LogP contribution is -2.29. The highest BCUT2D eigenvalue weighted by Gasteiger charge is 2.15. The summed E-state index contributed by atoms with van der Waals surface area (Å²) in [6, 6.07) is 5.47. The minimum atomic E-state index is -0.0319. The third kappa shape index (κ3) is 4.46. The van der Waals surface area contributed by atoms with E-state index in [9.17, 15) is 0 Å². The zero-order chi connectivity index (χ0) is 13.4. The quantitative estimate of drug-likeness (QED) is 0.434. The third-order valence-corrected chi connectivity index (χ3v) is 2.90. The standard InChI is InChI=1S/C13H21ClN2O2/c1-3-7-18-8-6-12(16-15)11-9-10(14)4-5-13(11)17-2/h4-5,9,12,16H,3,6-8,15H2,1-2H3. The van der Waals surface area contributed by atoms with Crippen LogP contribution in [0.15, 0.2) is 18.2 Å². The summed E-state index contributed by atoms with van der Waals surface area (Å²) in [6.07, 6.45) is 1.79. The maximum atomic E-state index is 6.00. The fraction of sp³-hybridized carbons (Fsp3) is 0.538. The van der Waals surface area contributed by atoms with E-state index in [1.54, 1.807) is 13.2 Å². The van der Waals surface area contributed by atoms with Gasteiger partial charge in [0.05, 0.1) is 13.2 Å². The number of hydrogen-bond acceptors (Lipinski definition) is 4. The van der Waals surface area contributed by atoms with Crippen LogP contribution >= 0.6 is 11.6 Å². The van der Waals surface area contributed by atoms with Crippen LogP contribution in [0.4, 0.5) is 0 Å². The first-order valence-electron chi connectivity index (χ1n) is 6.10. The first-order valence-corrected chi connectivity index (χ1v) is 6.48. The molecule has 0 saturated carbocycles. The number of benzene rings is 1. The van der Waals surface area contributed by atoms with Crippen LogP contribution in [0, 0.1) is 0 Å². The molecule has 0 spiro atoms. The largest absolute Gasteiger partial charge is 0.496 e. The first kappa shape index (κ1) is 15.2. The van der Waals surface area contributed by atoms with E-state index >= 15 is 0 Å². The molecule has 0 amide bonds. The van der Waals surface area contributed by atoms with Crippen molar-refractivity contribution >= 4 is 11.6 Å². The lowest BCUT2D eigenvalue weighted by Gasteiger charge is -2.19. The lowest BCUT2D eigenvalue weighted by atomic mass is 10.0. The van der Waals surface area contributed by atoms with Crippen molar-refractivity contribution in [2.45, 2.75) is 25.8 Å². The summed E-state index contributed by atoms with van der Waals surface area (Å²) in [5.41, 5.74) is 3.73. The Morgan fingerprint density at radius 3 is 2.78 bits per heavy atom. The topological polar surface area (TPSA) is 56.5 Å². The van der Waals surface area contributed by atoms with Gasteiger partial charge in [-0.25, -0.2) is 0 Å². The minimum Gasteiger partial charge on any atom is -0.496 e. The number of ether oxygens (including phenoxy) is 2. The van der Waals surface area contributed by atoms with E-state index in [1.807, 2.05) is 12.1 Å². The van der Waals surface area contributed by atoms with E-state index in [4.69, 9.17) is 26.9 Å². The fourth-order valence-electron chi connectivity index (χ4n) is 1.75. The van der Waals surface area contributed by atoms with Gasteiger partial charge in [0.25, 0.3) is 0 Å². The number of halogens is 1. The molecule has 1 aromatic rings. The Balaban J connectivity index is 2.71. The first-order chi connectivity index (χ1) is 8.72. The second kappa shape index (κ2) is 8.32. The van der Waals surface area contributed by atoms with Crippen molar-refractivity contribution < 1.29 is 9.47 Å². The summed E-state index contributed by atoms with van der Waals surface area (Å²) in [5.74, 6) is 6.36. The van der Waals surface area contributed by atoms with E-state index in [-0.39, 0.29) is 6.04 Å². The Morgan fingerprint density at radius 2 is 2.17 bits per heavy atom. The fourth-order valence-corrected chi connectivity index (χ4v) is 1.93. The minimum absolute atomic E-state index is 0.0319. The average molecular weight is 273 g/mol. The zero-order valence-electron chi connectivity index (χ0n) is 10.9. The van der Waals surface area contributed by atoms with Gasteiger partial charge in [-0.2, -0.15) is 0 Å². The maximum absolute atomic E-state index is 6.00. The van der Waals surface area contributed by atoms with Crippen LogP contribution < -0.4 is 16.0 Å². The van der Waals surface area contributed by atoms with Gasteiger partial charge >= 0.3 is 0 Å². The SMILES string of the molecule is CCCOCCC(NN)c1cc(Cl)ccc1OC. The van der Waals surface area contributed by atoms with Crippen molar-refractivity contribution in [1.82, 2.24) is 5.43 Å². The van der Waals surface area contributed by atoms with Crippen LogP contribution in [-0.2, 0) is 4.74 Å². The van der Waals surface area contributed by atoms with E-state index < -0.39 is 0 Å². The van der Waals surface area contributed by atoms with Gasteiger partial charge in [0.15, 0.2) is 0 Å². The summed E-state index contributed by atoms with van der Waals surface area (Å²) in [5, 5.41) is 0.667. The Labute approximate surface area is 113 Å². The molecule has 0 heterocycles. The highest BCUT2D eigenvalue weighted by atomic mass is 35.5. The molecular weight excluding hydrogens is 252 g/mol. The molecule has 0 aliphatic heterocycles. The molecule has 4 nitrogen and oxygen atoms in total. The molecule has 1 rings (SSSR count). The number of nitrogens with one attached hydrogen (secondary N) is 1. The number of hydrazine groups is 1. The van der Waals surface area contributed by atoms with E-state index in [0.29, 0.717) is 11.6 Å². The molecule has 5 heteroatoms. The van der Waals surface area contributed by atoms with Gasteiger partial charge in [-0.15, -0.1) is 0 Å². The van der Waals surface area contributed by atoms with E-state index in [1.165, 1.54) is 0 Å². The Hall–Kier alpha value is -0.810. The third-order valence-electron chi connectivity index (χ3n) is 2.67. The van der Waals surface area contributed by atoms with E-state index in [0.717, 1.165) is 30.8 Å². The molecule has 0 saturated heterocycles. The molecule has 0 radical (unpaired) electrons. The second-order valence-corrected chi connectivity index (χ2v) is 4.44. The van der Waals surface area contributed by atoms with Crippen molar-refractivity contribution in [2.24, 2.45) is 5.84 Å². The van der Waals surface area contributed by atoms with Gasteiger partial charge in [-0.05, 0) is 31.0 Å². The molecule has 1 unspecified atom stereocenters. The van der Waals surface area contributed by atoms with Crippen LogP contribution in [-0.4, -0.2) is 20.3 Å². The predicted octanol–water partition coefficient (Wildman–Crippen LogP) is 2.67. The molecule has 0 aliphatic carbocycles. The summed E-state index contributed by atoms with van der Waals surface area (Å²) >= 11 is 6.00. The van der Waals surface area contributed by atoms with Gasteiger partial charge in [0.1, 0.15) is 5.75 Å². The molecule has 18 heavy (non-hydrogen) atoms. The number of hydrogen-bond donors (Lipinski definition) is 2. The smallest absolute Gasteiger partial charge is 0.123 e. The van der Waals surface area contributed by atoms with Crippen molar-refractivity contribution in [3.8, 4) is 5.75 Å². The normalized spacial score (nSPS) is 12.4. The second-order valence-electron chi connectivity index (χ2n) is 4.01. The number of methoxy groups -OCH3 is 1. The monoisotopic (exact) mass is 272 g/mol. The van der Waals surface area contributed by atoms with Crippen LogP contribution in [0.5, 0.6) is 5.75 Å². The van der Waals surface area contributed by atoms with Gasteiger partial charge in [0, 0.05) is 23.8 Å².